The van der Waals surface area contributed by atoms with E-state index in [9.17, 15) is 9.59 Å². The van der Waals surface area contributed by atoms with Crippen LogP contribution >= 0.6 is 0 Å². The zero-order valence-corrected chi connectivity index (χ0v) is 4.50. The molecule has 1 aliphatic rings. The second kappa shape index (κ2) is 1.56. The highest BCUT2D eigenvalue weighted by Gasteiger charge is 2.25. The number of amides is 2. The van der Waals surface area contributed by atoms with Gasteiger partial charge in [-0.25, -0.2) is 10.9 Å². The van der Waals surface area contributed by atoms with E-state index in [2.05, 4.69) is 0 Å². The van der Waals surface area contributed by atoms with Crippen molar-refractivity contribution >= 4 is 11.8 Å². The summed E-state index contributed by atoms with van der Waals surface area (Å²) in [6.45, 7) is 0. The van der Waals surface area contributed by atoms with E-state index in [0.717, 1.165) is 6.08 Å². The van der Waals surface area contributed by atoms with Crippen LogP contribution < -0.4 is 11.6 Å². The molecule has 0 radical (unpaired) electrons. The van der Waals surface area contributed by atoms with Gasteiger partial charge in [0.1, 0.15) is 5.70 Å². The summed E-state index contributed by atoms with van der Waals surface area (Å²) in [5, 5.41) is 0.468. The molecule has 4 N–H and O–H groups in total. The first-order chi connectivity index (χ1) is 4.13. The number of nitrogens with two attached hydrogens (primary N) is 2. The van der Waals surface area contributed by atoms with Crippen LogP contribution in [0.2, 0.25) is 0 Å². The fraction of sp³-hybridized carbons (Fsp3) is 0. The van der Waals surface area contributed by atoms with E-state index in [-0.39, 0.29) is 5.70 Å². The predicted molar refractivity (Wildman–Crippen MR) is 28.3 cm³/mol. The number of hydrogen-bond acceptors (Lipinski definition) is 4. The van der Waals surface area contributed by atoms with Gasteiger partial charge in [0, 0.05) is 6.08 Å². The summed E-state index contributed by atoms with van der Waals surface area (Å²) in [6, 6.07) is 0. The molecule has 0 atom stereocenters. The topological polar surface area (TPSA) is 89.4 Å². The van der Waals surface area contributed by atoms with Crippen LogP contribution in [0.1, 0.15) is 0 Å². The lowest BCUT2D eigenvalue weighted by Gasteiger charge is -2.02. The van der Waals surface area contributed by atoms with E-state index < -0.39 is 11.8 Å². The Morgan fingerprint density at radius 3 is 2.11 bits per heavy atom. The van der Waals surface area contributed by atoms with Gasteiger partial charge in [0.2, 0.25) is 0 Å². The normalized spacial score (nSPS) is 18.8. The number of hydrogen-bond donors (Lipinski definition) is 2. The van der Waals surface area contributed by atoms with Crippen molar-refractivity contribution in [3.8, 4) is 0 Å². The largest absolute Gasteiger partial charge is 0.394 e. The minimum atomic E-state index is -0.639. The first-order valence-electron chi connectivity index (χ1n) is 2.23. The van der Waals surface area contributed by atoms with Gasteiger partial charge in [-0.1, -0.05) is 0 Å². The summed E-state index contributed by atoms with van der Waals surface area (Å²) in [6.07, 6.45) is 0.988. The van der Waals surface area contributed by atoms with Gasteiger partial charge in [0.25, 0.3) is 11.8 Å². The monoisotopic (exact) mass is 127 g/mol. The molecule has 1 rings (SSSR count). The third kappa shape index (κ3) is 0.667. The van der Waals surface area contributed by atoms with E-state index in [1.807, 2.05) is 0 Å². The van der Waals surface area contributed by atoms with Crippen LogP contribution in [0.25, 0.3) is 0 Å². The Balaban J connectivity index is 2.95. The van der Waals surface area contributed by atoms with Crippen molar-refractivity contribution in [3.63, 3.8) is 0 Å². The molecular weight excluding hydrogens is 122 g/mol. The molecule has 0 unspecified atom stereocenters. The molecule has 0 spiro atoms. The summed E-state index contributed by atoms with van der Waals surface area (Å²) in [4.78, 5) is 20.9. The predicted octanol–water partition coefficient (Wildman–Crippen LogP) is -1.93. The number of carbonyl (C=O) groups is 2. The number of imide groups is 1. The van der Waals surface area contributed by atoms with E-state index in [4.69, 9.17) is 11.6 Å². The van der Waals surface area contributed by atoms with Crippen LogP contribution in [0.15, 0.2) is 11.8 Å². The summed E-state index contributed by atoms with van der Waals surface area (Å²) in [5.74, 6) is 3.70. The Kier molecular flexibility index (Phi) is 1.000. The Hall–Kier alpha value is -1.36. The van der Waals surface area contributed by atoms with Gasteiger partial charge in [-0.05, 0) is 0 Å². The third-order valence-electron chi connectivity index (χ3n) is 0.982. The summed E-state index contributed by atoms with van der Waals surface area (Å²) < 4.78 is 0. The average molecular weight is 127 g/mol. The zero-order valence-electron chi connectivity index (χ0n) is 4.50. The maximum Gasteiger partial charge on any atom is 0.291 e. The van der Waals surface area contributed by atoms with Crippen LogP contribution in [-0.4, -0.2) is 16.8 Å². The maximum absolute atomic E-state index is 10.5. The van der Waals surface area contributed by atoms with Gasteiger partial charge in [-0.3, -0.25) is 9.59 Å². The number of rotatable bonds is 0. The number of hydrazine groups is 1. The minimum Gasteiger partial charge on any atom is -0.394 e. The molecule has 0 bridgehead atoms. The van der Waals surface area contributed by atoms with E-state index in [1.54, 1.807) is 0 Å². The average Bonchev–Trinajstić information content (AvgIpc) is 1.98. The minimum absolute atomic E-state index is 0.109. The molecule has 9 heavy (non-hydrogen) atoms. The molecule has 0 aromatic carbocycles. The van der Waals surface area contributed by atoms with Gasteiger partial charge in [0.15, 0.2) is 0 Å². The maximum atomic E-state index is 10.5. The molecule has 0 aromatic heterocycles. The van der Waals surface area contributed by atoms with Crippen LogP contribution in [0, 0.1) is 0 Å². The summed E-state index contributed by atoms with van der Waals surface area (Å²) in [5.41, 5.74) is 4.92. The van der Waals surface area contributed by atoms with Crippen molar-refractivity contribution in [2.45, 2.75) is 0 Å². The first kappa shape index (κ1) is 5.77. The molecule has 0 saturated heterocycles. The van der Waals surface area contributed by atoms with Crippen molar-refractivity contribution in [1.82, 2.24) is 5.01 Å². The Morgan fingerprint density at radius 2 is 2.00 bits per heavy atom. The van der Waals surface area contributed by atoms with Gasteiger partial charge in [-0.2, -0.15) is 0 Å². The molecule has 5 nitrogen and oxygen atoms in total. The second-order valence-corrected chi connectivity index (χ2v) is 1.61. The zero-order chi connectivity index (χ0) is 7.02. The van der Waals surface area contributed by atoms with Crippen LogP contribution in [-0.2, 0) is 9.59 Å². The quantitative estimate of drug-likeness (QED) is 0.225. The summed E-state index contributed by atoms with van der Waals surface area (Å²) >= 11 is 0. The molecule has 0 saturated carbocycles. The van der Waals surface area contributed by atoms with E-state index >= 15 is 0 Å². The SMILES string of the molecule is NC1=CC(=O)N(N)C1=O. The second-order valence-electron chi connectivity index (χ2n) is 1.61. The number of carbonyl (C=O) groups excluding carboxylic acids is 2. The van der Waals surface area contributed by atoms with E-state index in [0.29, 0.717) is 5.01 Å². The Labute approximate surface area is 50.9 Å². The van der Waals surface area contributed by atoms with E-state index in [1.165, 1.54) is 0 Å². The van der Waals surface area contributed by atoms with Crippen molar-refractivity contribution in [2.24, 2.45) is 11.6 Å². The fourth-order valence-corrected chi connectivity index (χ4v) is 0.503. The molecule has 2 amide bonds. The van der Waals surface area contributed by atoms with Crippen molar-refractivity contribution < 1.29 is 9.59 Å². The fourth-order valence-electron chi connectivity index (χ4n) is 0.503. The van der Waals surface area contributed by atoms with Crippen molar-refractivity contribution in [1.29, 1.82) is 0 Å². The lowest BCUT2D eigenvalue weighted by atomic mass is 10.5. The van der Waals surface area contributed by atoms with Crippen molar-refractivity contribution in [3.05, 3.63) is 11.8 Å². The molecule has 0 aliphatic carbocycles. The number of nitrogens with zero attached hydrogens (tertiary/aromatic N) is 1. The Morgan fingerprint density at radius 1 is 1.44 bits per heavy atom. The molecule has 0 fully saturated rings. The molecular formula is C4H5N3O2. The van der Waals surface area contributed by atoms with Crippen molar-refractivity contribution in [2.75, 3.05) is 0 Å². The van der Waals surface area contributed by atoms with Gasteiger partial charge in [-0.15, -0.1) is 0 Å². The lowest BCUT2D eigenvalue weighted by Crippen LogP contribution is -2.38. The first-order valence-corrected chi connectivity index (χ1v) is 2.23. The molecule has 0 aromatic rings. The molecule has 1 heterocycles. The van der Waals surface area contributed by atoms with Gasteiger partial charge < -0.3 is 5.73 Å². The highest BCUT2D eigenvalue weighted by atomic mass is 16.2. The third-order valence-corrected chi connectivity index (χ3v) is 0.982. The Bertz CT molecular complexity index is 208. The van der Waals surface area contributed by atoms with Crippen LogP contribution in [0.4, 0.5) is 0 Å². The van der Waals surface area contributed by atoms with Gasteiger partial charge in [0.05, 0.1) is 0 Å². The van der Waals surface area contributed by atoms with Gasteiger partial charge >= 0.3 is 0 Å². The molecule has 48 valence electrons. The van der Waals surface area contributed by atoms with Crippen LogP contribution in [0.5, 0.6) is 0 Å². The molecule has 5 heteroatoms. The smallest absolute Gasteiger partial charge is 0.291 e. The lowest BCUT2D eigenvalue weighted by molar-refractivity contribution is -0.137. The van der Waals surface area contributed by atoms with Crippen LogP contribution in [0.3, 0.4) is 0 Å². The highest BCUT2D eigenvalue weighted by molar-refractivity contribution is 6.15. The highest BCUT2D eigenvalue weighted by Crippen LogP contribution is 2.01. The summed E-state index contributed by atoms with van der Waals surface area (Å²) in [7, 11) is 0. The molecule has 1 aliphatic heterocycles. The standard InChI is InChI=1S/C4H5N3O2/c5-2-1-3(8)7(6)4(2)9/h1H,5-6H2.